The lowest BCUT2D eigenvalue weighted by atomic mass is 9.59. The molecule has 0 unspecified atom stereocenters. The summed E-state index contributed by atoms with van der Waals surface area (Å²) in [4.78, 5) is 16.8. The molecule has 24 heavy (non-hydrogen) atoms. The van der Waals surface area contributed by atoms with E-state index < -0.39 is 0 Å². The SMILES string of the molecule is C[C@H]1[C@H]2Cc3ccc(C(=O)N(C)C)cc3[C@]1(C)CCN2CC1CC1. The summed E-state index contributed by atoms with van der Waals surface area (Å²) >= 11 is 0. The van der Waals surface area contributed by atoms with Gasteiger partial charge in [-0.1, -0.05) is 19.9 Å². The van der Waals surface area contributed by atoms with Gasteiger partial charge in [0, 0.05) is 32.2 Å². The van der Waals surface area contributed by atoms with Crippen molar-refractivity contribution in [1.82, 2.24) is 9.80 Å². The molecule has 1 aromatic rings. The van der Waals surface area contributed by atoms with Gasteiger partial charge >= 0.3 is 0 Å². The number of nitrogens with zero attached hydrogens (tertiary/aromatic N) is 2. The van der Waals surface area contributed by atoms with Gasteiger partial charge in [-0.2, -0.15) is 0 Å². The minimum absolute atomic E-state index is 0.113. The lowest BCUT2D eigenvalue weighted by molar-refractivity contribution is 0.0283. The average molecular weight is 326 g/mol. The van der Waals surface area contributed by atoms with E-state index in [2.05, 4.69) is 30.9 Å². The Balaban J connectivity index is 1.69. The van der Waals surface area contributed by atoms with E-state index in [1.165, 1.54) is 43.5 Å². The van der Waals surface area contributed by atoms with Gasteiger partial charge in [0.15, 0.2) is 0 Å². The molecule has 3 atom stereocenters. The van der Waals surface area contributed by atoms with E-state index in [0.29, 0.717) is 12.0 Å². The minimum atomic E-state index is 0.113. The summed E-state index contributed by atoms with van der Waals surface area (Å²) in [6.07, 6.45) is 5.22. The zero-order valence-corrected chi connectivity index (χ0v) is 15.5. The zero-order chi connectivity index (χ0) is 17.1. The summed E-state index contributed by atoms with van der Waals surface area (Å²) in [6, 6.07) is 7.12. The number of carbonyl (C=O) groups is 1. The lowest BCUT2D eigenvalue weighted by Crippen LogP contribution is -2.58. The Morgan fingerprint density at radius 3 is 2.75 bits per heavy atom. The van der Waals surface area contributed by atoms with Crippen LogP contribution in [-0.4, -0.2) is 48.9 Å². The number of piperidine rings is 1. The van der Waals surface area contributed by atoms with Gasteiger partial charge in [0.1, 0.15) is 0 Å². The topological polar surface area (TPSA) is 23.6 Å². The molecule has 3 heteroatoms. The average Bonchev–Trinajstić information content (AvgIpc) is 3.36. The fraction of sp³-hybridized carbons (Fsp3) is 0.667. The maximum absolute atomic E-state index is 12.4. The van der Waals surface area contributed by atoms with E-state index in [1.807, 2.05) is 20.2 Å². The Labute approximate surface area is 146 Å². The van der Waals surface area contributed by atoms with Crippen molar-refractivity contribution in [3.8, 4) is 0 Å². The molecule has 0 spiro atoms. The third kappa shape index (κ3) is 2.48. The molecule has 0 radical (unpaired) electrons. The van der Waals surface area contributed by atoms with Crippen LogP contribution in [0.5, 0.6) is 0 Å². The van der Waals surface area contributed by atoms with Crippen LogP contribution < -0.4 is 0 Å². The third-order valence-electron chi connectivity index (χ3n) is 6.97. The second-order valence-electron chi connectivity index (χ2n) is 8.74. The van der Waals surface area contributed by atoms with Crippen LogP contribution in [0.2, 0.25) is 0 Å². The summed E-state index contributed by atoms with van der Waals surface area (Å²) in [7, 11) is 3.66. The van der Waals surface area contributed by atoms with Crippen molar-refractivity contribution in [1.29, 1.82) is 0 Å². The molecule has 3 nitrogen and oxygen atoms in total. The van der Waals surface area contributed by atoms with Crippen molar-refractivity contribution in [2.75, 3.05) is 27.2 Å². The highest BCUT2D eigenvalue weighted by Crippen LogP contribution is 2.49. The number of rotatable bonds is 3. The standard InChI is InChI=1S/C21H30N2O/c1-14-19-12-16-7-8-17(20(24)22(3)4)11-18(16)21(14,2)9-10-23(19)13-15-5-6-15/h7-8,11,14-15,19H,5-6,9-10,12-13H2,1-4H3/t14-,19+,21+/m0/s1. The summed E-state index contributed by atoms with van der Waals surface area (Å²) < 4.78 is 0. The predicted molar refractivity (Wildman–Crippen MR) is 97.4 cm³/mol. The van der Waals surface area contributed by atoms with E-state index in [0.717, 1.165) is 17.9 Å². The smallest absolute Gasteiger partial charge is 0.253 e. The molecule has 2 aliphatic carbocycles. The summed E-state index contributed by atoms with van der Waals surface area (Å²) in [6.45, 7) is 7.39. The fourth-order valence-electron chi connectivity index (χ4n) is 4.96. The van der Waals surface area contributed by atoms with Gasteiger partial charge in [-0.25, -0.2) is 0 Å². The molecule has 1 saturated heterocycles. The van der Waals surface area contributed by atoms with Crippen molar-refractivity contribution >= 4 is 5.91 Å². The number of hydrogen-bond donors (Lipinski definition) is 0. The first-order chi connectivity index (χ1) is 11.4. The van der Waals surface area contributed by atoms with Crippen LogP contribution >= 0.6 is 0 Å². The molecular formula is C21H30N2O. The normalized spacial score (nSPS) is 32.3. The van der Waals surface area contributed by atoms with Crippen LogP contribution in [0.25, 0.3) is 0 Å². The molecule has 2 fully saturated rings. The molecule has 1 aromatic carbocycles. The Morgan fingerprint density at radius 1 is 1.33 bits per heavy atom. The maximum Gasteiger partial charge on any atom is 0.253 e. The monoisotopic (exact) mass is 326 g/mol. The molecule has 0 N–H and O–H groups in total. The van der Waals surface area contributed by atoms with Crippen LogP contribution in [0.1, 0.15) is 54.6 Å². The van der Waals surface area contributed by atoms with Crippen molar-refractivity contribution in [2.24, 2.45) is 11.8 Å². The highest BCUT2D eigenvalue weighted by molar-refractivity contribution is 5.94. The third-order valence-corrected chi connectivity index (χ3v) is 6.97. The van der Waals surface area contributed by atoms with Crippen LogP contribution in [0, 0.1) is 11.8 Å². The number of amides is 1. The molecule has 1 aliphatic heterocycles. The summed E-state index contributed by atoms with van der Waals surface area (Å²) in [5.74, 6) is 1.73. The van der Waals surface area contributed by atoms with Gasteiger partial charge in [0.2, 0.25) is 0 Å². The molecule has 3 aliphatic rings. The predicted octanol–water partition coefficient (Wildman–Crippen LogP) is 3.32. The van der Waals surface area contributed by atoms with Crippen molar-refractivity contribution in [2.45, 2.75) is 51.0 Å². The van der Waals surface area contributed by atoms with Crippen LogP contribution in [0.4, 0.5) is 0 Å². The first-order valence-corrected chi connectivity index (χ1v) is 9.49. The summed E-state index contributed by atoms with van der Waals surface area (Å²) in [5.41, 5.74) is 3.95. The molecular weight excluding hydrogens is 296 g/mol. The molecule has 4 rings (SSSR count). The van der Waals surface area contributed by atoms with Crippen LogP contribution in [0.3, 0.4) is 0 Å². The molecule has 1 amide bonds. The Bertz CT molecular complexity index is 664. The molecule has 0 aromatic heterocycles. The molecule has 130 valence electrons. The highest BCUT2D eigenvalue weighted by atomic mass is 16.2. The Kier molecular flexibility index (Phi) is 3.76. The van der Waals surface area contributed by atoms with Gasteiger partial charge in [0.25, 0.3) is 5.91 Å². The Hall–Kier alpha value is -1.35. The number of fused-ring (bicyclic) bond motifs is 4. The van der Waals surface area contributed by atoms with E-state index in [-0.39, 0.29) is 11.3 Å². The first kappa shape index (κ1) is 16.1. The number of likely N-dealkylation sites (tertiary alicyclic amines) is 1. The van der Waals surface area contributed by atoms with Gasteiger partial charge < -0.3 is 4.90 Å². The van der Waals surface area contributed by atoms with E-state index in [9.17, 15) is 4.79 Å². The quantitative estimate of drug-likeness (QED) is 0.851. The van der Waals surface area contributed by atoms with Crippen LogP contribution in [0.15, 0.2) is 18.2 Å². The van der Waals surface area contributed by atoms with E-state index >= 15 is 0 Å². The largest absolute Gasteiger partial charge is 0.345 e. The lowest BCUT2D eigenvalue weighted by Gasteiger charge is -2.55. The van der Waals surface area contributed by atoms with Gasteiger partial charge in [0.05, 0.1) is 0 Å². The van der Waals surface area contributed by atoms with Crippen molar-refractivity contribution in [3.63, 3.8) is 0 Å². The highest BCUT2D eigenvalue weighted by Gasteiger charge is 2.49. The molecule has 1 saturated carbocycles. The van der Waals surface area contributed by atoms with Crippen molar-refractivity contribution in [3.05, 3.63) is 34.9 Å². The number of carbonyl (C=O) groups excluding carboxylic acids is 1. The maximum atomic E-state index is 12.4. The second kappa shape index (κ2) is 5.59. The number of benzene rings is 1. The van der Waals surface area contributed by atoms with Gasteiger partial charge in [-0.3, -0.25) is 9.69 Å². The first-order valence-electron chi connectivity index (χ1n) is 9.49. The minimum Gasteiger partial charge on any atom is -0.345 e. The summed E-state index contributed by atoms with van der Waals surface area (Å²) in [5, 5.41) is 0. The molecule has 2 bridgehead atoms. The van der Waals surface area contributed by atoms with Gasteiger partial charge in [-0.15, -0.1) is 0 Å². The number of hydrogen-bond acceptors (Lipinski definition) is 2. The van der Waals surface area contributed by atoms with Gasteiger partial charge in [-0.05, 0) is 72.7 Å². The van der Waals surface area contributed by atoms with Crippen LogP contribution in [-0.2, 0) is 11.8 Å². The zero-order valence-electron chi connectivity index (χ0n) is 15.5. The van der Waals surface area contributed by atoms with E-state index in [4.69, 9.17) is 0 Å². The van der Waals surface area contributed by atoms with Crippen molar-refractivity contribution < 1.29 is 4.79 Å². The second-order valence-corrected chi connectivity index (χ2v) is 8.74. The van der Waals surface area contributed by atoms with E-state index in [1.54, 1.807) is 4.90 Å². The fourth-order valence-corrected chi connectivity index (χ4v) is 4.96. The molecule has 1 heterocycles. The Morgan fingerprint density at radius 2 is 2.08 bits per heavy atom.